The summed E-state index contributed by atoms with van der Waals surface area (Å²) in [6.07, 6.45) is -1.07. The van der Waals surface area contributed by atoms with Crippen LogP contribution < -0.4 is 19.5 Å². The lowest BCUT2D eigenvalue weighted by molar-refractivity contribution is -0.122. The molecule has 9 heteroatoms. The number of amides is 1. The number of alkyl halides is 2. The first-order valence-electron chi connectivity index (χ1n) is 7.35. The van der Waals surface area contributed by atoms with Gasteiger partial charge in [0.2, 0.25) is 0 Å². The summed E-state index contributed by atoms with van der Waals surface area (Å²) in [5, 5.41) is 2.44. The molecule has 0 bridgehead atoms. The number of hydrogen-bond donors (Lipinski definition) is 1. The highest BCUT2D eigenvalue weighted by Gasteiger charge is 2.18. The number of benzene rings is 2. The molecular weight excluding hydrogens is 358 g/mol. The Kier molecular flexibility index (Phi) is 6.26. The smallest absolute Gasteiger partial charge is 0.387 e. The molecule has 0 aliphatic rings. The largest absolute Gasteiger partial charge is 0.493 e. The van der Waals surface area contributed by atoms with Crippen LogP contribution in [0.1, 0.15) is 6.92 Å². The molecule has 5 nitrogen and oxygen atoms in total. The number of carbonyl (C=O) groups excluding carboxylic acids is 1. The lowest BCUT2D eigenvalue weighted by Crippen LogP contribution is -2.30. The van der Waals surface area contributed by atoms with E-state index in [2.05, 4.69) is 10.1 Å². The molecule has 1 unspecified atom stereocenters. The molecule has 0 fully saturated rings. The van der Waals surface area contributed by atoms with E-state index in [4.69, 9.17) is 9.47 Å². The van der Waals surface area contributed by atoms with Crippen molar-refractivity contribution in [2.75, 3.05) is 12.4 Å². The second-order valence-corrected chi connectivity index (χ2v) is 5.07. The van der Waals surface area contributed by atoms with Gasteiger partial charge < -0.3 is 19.5 Å². The fourth-order valence-electron chi connectivity index (χ4n) is 1.99. The monoisotopic (exact) mass is 373 g/mol. The molecule has 0 saturated heterocycles. The van der Waals surface area contributed by atoms with Crippen LogP contribution in [0, 0.1) is 11.6 Å². The molecule has 0 saturated carbocycles. The summed E-state index contributed by atoms with van der Waals surface area (Å²) in [5.41, 5.74) is 0.159. The average Bonchev–Trinajstić information content (AvgIpc) is 2.58. The van der Waals surface area contributed by atoms with Gasteiger partial charge in [-0.25, -0.2) is 8.78 Å². The fraction of sp³-hybridized carbons (Fsp3) is 0.235. The summed E-state index contributed by atoms with van der Waals surface area (Å²) in [6, 6.07) is 6.76. The maximum atomic E-state index is 13.2. The molecule has 140 valence electrons. The van der Waals surface area contributed by atoms with Crippen molar-refractivity contribution < 1.29 is 36.6 Å². The Hall–Kier alpha value is -2.97. The quantitative estimate of drug-likeness (QED) is 0.746. The summed E-state index contributed by atoms with van der Waals surface area (Å²) in [5.74, 6) is -3.02. The number of nitrogens with one attached hydrogen (secondary N) is 1. The van der Waals surface area contributed by atoms with Crippen LogP contribution in [0.2, 0.25) is 0 Å². The molecule has 1 atom stereocenters. The minimum Gasteiger partial charge on any atom is -0.493 e. The van der Waals surface area contributed by atoms with Crippen molar-refractivity contribution in [2.24, 2.45) is 0 Å². The number of methoxy groups -OCH3 is 1. The molecule has 0 spiro atoms. The fourth-order valence-corrected chi connectivity index (χ4v) is 1.99. The van der Waals surface area contributed by atoms with E-state index in [1.165, 1.54) is 32.2 Å². The van der Waals surface area contributed by atoms with Crippen LogP contribution in [0.5, 0.6) is 17.2 Å². The predicted octanol–water partition coefficient (Wildman–Crippen LogP) is 3.98. The second-order valence-electron chi connectivity index (χ2n) is 5.07. The van der Waals surface area contributed by atoms with Crippen LogP contribution in [0.4, 0.5) is 23.2 Å². The highest BCUT2D eigenvalue weighted by molar-refractivity contribution is 5.94. The van der Waals surface area contributed by atoms with Crippen molar-refractivity contribution in [1.82, 2.24) is 0 Å². The lowest BCUT2D eigenvalue weighted by atomic mass is 10.2. The Labute approximate surface area is 146 Å². The van der Waals surface area contributed by atoms with Crippen molar-refractivity contribution in [3.63, 3.8) is 0 Å². The van der Waals surface area contributed by atoms with Crippen LogP contribution in [-0.2, 0) is 4.79 Å². The predicted molar refractivity (Wildman–Crippen MR) is 84.7 cm³/mol. The van der Waals surface area contributed by atoms with E-state index in [1.54, 1.807) is 0 Å². The average molecular weight is 373 g/mol. The molecule has 2 aromatic carbocycles. The Morgan fingerprint density at radius 3 is 2.35 bits per heavy atom. The first-order chi connectivity index (χ1) is 12.3. The van der Waals surface area contributed by atoms with Crippen LogP contribution in [0.25, 0.3) is 0 Å². The molecule has 0 aliphatic heterocycles. The molecule has 1 amide bonds. The highest BCUT2D eigenvalue weighted by Crippen LogP contribution is 2.31. The van der Waals surface area contributed by atoms with E-state index < -0.39 is 30.3 Å². The second kappa shape index (κ2) is 8.41. The van der Waals surface area contributed by atoms with Gasteiger partial charge in [-0.2, -0.15) is 8.78 Å². The zero-order valence-corrected chi connectivity index (χ0v) is 13.8. The number of anilines is 1. The molecule has 0 radical (unpaired) electrons. The van der Waals surface area contributed by atoms with Crippen molar-refractivity contribution in [1.29, 1.82) is 0 Å². The lowest BCUT2D eigenvalue weighted by Gasteiger charge is -2.16. The summed E-state index contributed by atoms with van der Waals surface area (Å²) in [6.45, 7) is -1.68. The first-order valence-corrected chi connectivity index (χ1v) is 7.35. The third-order valence-electron chi connectivity index (χ3n) is 3.22. The van der Waals surface area contributed by atoms with Crippen molar-refractivity contribution in [3.8, 4) is 17.2 Å². The Balaban J connectivity index is 2.07. The Bertz CT molecular complexity index is 785. The van der Waals surface area contributed by atoms with Gasteiger partial charge in [0, 0.05) is 17.8 Å². The van der Waals surface area contributed by atoms with Crippen molar-refractivity contribution >= 4 is 11.6 Å². The van der Waals surface area contributed by atoms with Crippen molar-refractivity contribution in [2.45, 2.75) is 19.6 Å². The van der Waals surface area contributed by atoms with Gasteiger partial charge in [-0.1, -0.05) is 0 Å². The molecule has 0 heterocycles. The summed E-state index contributed by atoms with van der Waals surface area (Å²) >= 11 is 0. The topological polar surface area (TPSA) is 56.8 Å². The normalized spacial score (nSPS) is 11.8. The van der Waals surface area contributed by atoms with Gasteiger partial charge >= 0.3 is 6.61 Å². The van der Waals surface area contributed by atoms with Gasteiger partial charge in [-0.05, 0) is 31.2 Å². The molecule has 26 heavy (non-hydrogen) atoms. The van der Waals surface area contributed by atoms with Gasteiger partial charge in [0.05, 0.1) is 7.11 Å². The minimum absolute atomic E-state index is 0.0389. The number of ether oxygens (including phenoxy) is 3. The SMILES string of the molecule is COc1ccc(NC(=O)C(C)Oc2ccc(F)c(F)c2)cc1OC(F)F. The number of carbonyl (C=O) groups is 1. The maximum absolute atomic E-state index is 13.2. The van der Waals surface area contributed by atoms with E-state index in [9.17, 15) is 22.4 Å². The van der Waals surface area contributed by atoms with Crippen molar-refractivity contribution in [3.05, 3.63) is 48.0 Å². The van der Waals surface area contributed by atoms with E-state index in [-0.39, 0.29) is 22.9 Å². The third kappa shape index (κ3) is 5.01. The third-order valence-corrected chi connectivity index (χ3v) is 3.22. The van der Waals surface area contributed by atoms with E-state index in [1.807, 2.05) is 0 Å². The van der Waals surface area contributed by atoms with Gasteiger partial charge in [0.15, 0.2) is 29.2 Å². The molecule has 0 aliphatic carbocycles. The maximum Gasteiger partial charge on any atom is 0.387 e. The molecular formula is C17H15F4NO4. The zero-order valence-electron chi connectivity index (χ0n) is 13.8. The van der Waals surface area contributed by atoms with E-state index in [0.29, 0.717) is 0 Å². The van der Waals surface area contributed by atoms with Gasteiger partial charge in [-0.3, -0.25) is 4.79 Å². The minimum atomic E-state index is -3.06. The summed E-state index contributed by atoms with van der Waals surface area (Å²) in [7, 11) is 1.28. The standard InChI is InChI=1S/C17H15F4NO4/c1-9(25-11-4-5-12(18)13(19)8-11)16(23)22-10-3-6-14(24-2)15(7-10)26-17(20)21/h3-9,17H,1-2H3,(H,22,23). The van der Waals surface area contributed by atoms with Gasteiger partial charge in [0.1, 0.15) is 5.75 Å². The number of hydrogen-bond acceptors (Lipinski definition) is 4. The van der Waals surface area contributed by atoms with Crippen LogP contribution in [0.3, 0.4) is 0 Å². The van der Waals surface area contributed by atoms with Gasteiger partial charge in [0.25, 0.3) is 5.91 Å². The summed E-state index contributed by atoms with van der Waals surface area (Å²) < 4.78 is 65.3. The first kappa shape index (κ1) is 19.4. The molecule has 0 aromatic heterocycles. The molecule has 2 aromatic rings. The zero-order chi connectivity index (χ0) is 19.3. The van der Waals surface area contributed by atoms with E-state index >= 15 is 0 Å². The van der Waals surface area contributed by atoms with Gasteiger partial charge in [-0.15, -0.1) is 0 Å². The van der Waals surface area contributed by atoms with Crippen LogP contribution >= 0.6 is 0 Å². The highest BCUT2D eigenvalue weighted by atomic mass is 19.3. The summed E-state index contributed by atoms with van der Waals surface area (Å²) in [4.78, 5) is 12.1. The van der Waals surface area contributed by atoms with E-state index in [0.717, 1.165) is 18.2 Å². The van der Waals surface area contributed by atoms with Crippen LogP contribution in [0.15, 0.2) is 36.4 Å². The number of rotatable bonds is 7. The Morgan fingerprint density at radius 2 is 1.73 bits per heavy atom. The molecule has 2 rings (SSSR count). The van der Waals surface area contributed by atoms with Crippen LogP contribution in [-0.4, -0.2) is 25.7 Å². The molecule has 1 N–H and O–H groups in total. The number of halogens is 4. The Morgan fingerprint density at radius 1 is 1.00 bits per heavy atom.